The first-order valence-electron chi connectivity index (χ1n) is 5.52. The second kappa shape index (κ2) is 28.6. The maximum absolute atomic E-state index is 10.6. The summed E-state index contributed by atoms with van der Waals surface area (Å²) in [7, 11) is 0. The molecule has 0 amide bonds. The fraction of sp³-hybridized carbons (Fsp3) is 0.600. The van der Waals surface area contributed by atoms with Gasteiger partial charge in [-0.1, -0.05) is 0 Å². The van der Waals surface area contributed by atoms with E-state index in [9.17, 15) is 19.2 Å². The Morgan fingerprint density at radius 3 is 0.778 bits per heavy atom. The van der Waals surface area contributed by atoms with E-state index in [2.05, 4.69) is 0 Å². The average molecular weight is 439 g/mol. The molecule has 0 bridgehead atoms. The SMILES string of the molecule is O.O.O.O.O=C(O)CN(CCN(CC(=O)O)CC(=O)O)CC(=O)O.[MgH2].[NaH].[NaH]. The Labute approximate surface area is 214 Å². The van der Waals surface area contributed by atoms with Crippen molar-refractivity contribution >= 4 is 106 Å². The summed E-state index contributed by atoms with van der Waals surface area (Å²) in [6.07, 6.45) is 0. The zero-order valence-corrected chi connectivity index (χ0v) is 12.6. The molecule has 27 heavy (non-hydrogen) atoms. The van der Waals surface area contributed by atoms with Gasteiger partial charge in [0.2, 0.25) is 0 Å². The van der Waals surface area contributed by atoms with E-state index in [1.54, 1.807) is 0 Å². The number of carboxylic acid groups (broad SMARTS) is 4. The third-order valence-electron chi connectivity index (χ3n) is 2.17. The first kappa shape index (κ1) is 50.7. The van der Waals surface area contributed by atoms with Crippen molar-refractivity contribution in [2.45, 2.75) is 0 Å². The van der Waals surface area contributed by atoms with Crippen LogP contribution in [0.3, 0.4) is 0 Å². The molecule has 0 aliphatic heterocycles. The second-order valence-electron chi connectivity index (χ2n) is 4.00. The van der Waals surface area contributed by atoms with Crippen LogP contribution in [0.4, 0.5) is 0 Å². The molecule has 0 aromatic carbocycles. The van der Waals surface area contributed by atoms with Crippen molar-refractivity contribution in [3.8, 4) is 0 Å². The first-order valence-corrected chi connectivity index (χ1v) is 5.52. The number of carboxylic acids is 4. The molecule has 14 nitrogen and oxygen atoms in total. The fourth-order valence-corrected chi connectivity index (χ4v) is 1.48. The Kier molecular flexibility index (Phi) is 53.8. The Balaban J connectivity index is -0.0000000860. The molecular weight excluding hydrogens is 410 g/mol. The molecule has 0 aromatic rings. The first-order chi connectivity index (χ1) is 9.20. The zero-order valence-electron chi connectivity index (χ0n) is 12.6. The number of rotatable bonds is 11. The summed E-state index contributed by atoms with van der Waals surface area (Å²) in [5.41, 5.74) is 0. The molecule has 17 heteroatoms. The van der Waals surface area contributed by atoms with E-state index in [0.29, 0.717) is 0 Å². The van der Waals surface area contributed by atoms with Gasteiger partial charge in [0.25, 0.3) is 0 Å². The molecule has 0 radical (unpaired) electrons. The van der Waals surface area contributed by atoms with Crippen LogP contribution in [0.5, 0.6) is 0 Å². The molecule has 0 aliphatic carbocycles. The van der Waals surface area contributed by atoms with E-state index in [-0.39, 0.29) is 117 Å². The summed E-state index contributed by atoms with van der Waals surface area (Å²) in [5, 5.41) is 34.5. The molecule has 0 rings (SSSR count). The van der Waals surface area contributed by atoms with Gasteiger partial charge in [0.1, 0.15) is 0 Å². The van der Waals surface area contributed by atoms with E-state index in [1.165, 1.54) is 0 Å². The fourth-order valence-electron chi connectivity index (χ4n) is 1.48. The molecule has 0 saturated heterocycles. The van der Waals surface area contributed by atoms with Gasteiger partial charge in [-0.25, -0.2) is 0 Å². The molecule has 0 unspecified atom stereocenters. The van der Waals surface area contributed by atoms with Crippen LogP contribution < -0.4 is 0 Å². The average Bonchev–Trinajstić information content (AvgIpc) is 2.22. The van der Waals surface area contributed by atoms with Crippen LogP contribution in [0.25, 0.3) is 0 Å². The topological polar surface area (TPSA) is 282 Å². The monoisotopic (exact) mass is 438 g/mol. The summed E-state index contributed by atoms with van der Waals surface area (Å²) in [5.74, 6) is -4.91. The number of nitrogens with zero attached hydrogens (tertiary/aromatic N) is 2. The molecule has 0 fully saturated rings. The molecule has 0 aliphatic rings. The van der Waals surface area contributed by atoms with Crippen LogP contribution in [0, 0.1) is 0 Å². The standard InChI is InChI=1S/C10H16N2O8.Mg.2Na.4H2O.4H/c13-7(14)3-11(4-8(15)16)1-2-12(5-9(17)18)6-10(19)20;;;;;;;;;;;/h1-6H2,(H,13,14)(H,15,16)(H,17,18)(H,19,20);;;;4*1H2;;;;. The molecule has 0 spiro atoms. The summed E-state index contributed by atoms with van der Waals surface area (Å²) in [4.78, 5) is 44.4. The van der Waals surface area contributed by atoms with Gasteiger partial charge in [-0.3, -0.25) is 29.0 Å². The van der Waals surface area contributed by atoms with Crippen LogP contribution in [0.15, 0.2) is 0 Å². The Bertz CT molecular complexity index is 336. The van der Waals surface area contributed by atoms with Crippen LogP contribution in [-0.2, 0) is 19.2 Å². The van der Waals surface area contributed by atoms with Crippen molar-refractivity contribution in [3.63, 3.8) is 0 Å². The summed E-state index contributed by atoms with van der Waals surface area (Å²) in [6.45, 7) is -2.25. The predicted octanol–water partition coefficient (Wildman–Crippen LogP) is -7.58. The van der Waals surface area contributed by atoms with E-state index in [4.69, 9.17) is 20.4 Å². The van der Waals surface area contributed by atoms with Gasteiger partial charge in [0.05, 0.1) is 26.2 Å². The third kappa shape index (κ3) is 34.3. The molecule has 0 aromatic heterocycles. The number of carbonyl (C=O) groups is 4. The van der Waals surface area contributed by atoms with Gasteiger partial charge < -0.3 is 42.3 Å². The van der Waals surface area contributed by atoms with Crippen LogP contribution in [0.1, 0.15) is 0 Å². The van der Waals surface area contributed by atoms with E-state index < -0.39 is 50.1 Å². The van der Waals surface area contributed by atoms with Crippen LogP contribution >= 0.6 is 0 Å². The Morgan fingerprint density at radius 1 is 0.519 bits per heavy atom. The van der Waals surface area contributed by atoms with Crippen molar-refractivity contribution in [2.24, 2.45) is 0 Å². The van der Waals surface area contributed by atoms with Gasteiger partial charge in [0, 0.05) is 13.1 Å². The zero-order chi connectivity index (χ0) is 15.7. The van der Waals surface area contributed by atoms with Crippen molar-refractivity contribution in [2.75, 3.05) is 39.3 Å². The maximum atomic E-state index is 10.6. The van der Waals surface area contributed by atoms with Gasteiger partial charge in [0.15, 0.2) is 0 Å². The summed E-state index contributed by atoms with van der Waals surface area (Å²) in [6, 6.07) is 0. The minimum atomic E-state index is -1.23. The van der Waals surface area contributed by atoms with Crippen LogP contribution in [0.2, 0.25) is 0 Å². The number of hydrogen-bond acceptors (Lipinski definition) is 6. The van der Waals surface area contributed by atoms with E-state index in [1.807, 2.05) is 0 Å². The Morgan fingerprint density at radius 2 is 0.667 bits per heavy atom. The van der Waals surface area contributed by atoms with Gasteiger partial charge in [-0.05, 0) is 0 Å². The van der Waals surface area contributed by atoms with E-state index in [0.717, 1.165) is 9.80 Å². The quantitative estimate of drug-likeness (QED) is 0.221. The Hall–Kier alpha value is 0.406. The van der Waals surface area contributed by atoms with Crippen molar-refractivity contribution < 1.29 is 61.5 Å². The number of hydrogen-bond donors (Lipinski definition) is 4. The van der Waals surface area contributed by atoms with Crippen molar-refractivity contribution in [1.29, 1.82) is 0 Å². The molecule has 12 N–H and O–H groups in total. The van der Waals surface area contributed by atoms with Crippen LogP contribution in [-0.4, -0.2) is 197 Å². The molecule has 0 atom stereocenters. The predicted molar refractivity (Wildman–Crippen MR) is 101 cm³/mol. The van der Waals surface area contributed by atoms with Crippen molar-refractivity contribution in [1.82, 2.24) is 9.80 Å². The van der Waals surface area contributed by atoms with Gasteiger partial charge in [-0.2, -0.15) is 0 Å². The molecule has 0 saturated carbocycles. The minimum absolute atomic E-state index is 0. The summed E-state index contributed by atoms with van der Waals surface area (Å²) < 4.78 is 0. The third-order valence-corrected chi connectivity index (χ3v) is 2.17. The molecule has 0 heterocycles. The molecule has 154 valence electrons. The molecular formula is C10H28MgN2Na2O12. The summed E-state index contributed by atoms with van der Waals surface area (Å²) >= 11 is 0. The van der Waals surface area contributed by atoms with Gasteiger partial charge >= 0.3 is 106 Å². The normalized spacial score (nSPS) is 7.93. The van der Waals surface area contributed by atoms with Gasteiger partial charge in [-0.15, -0.1) is 0 Å². The second-order valence-corrected chi connectivity index (χ2v) is 4.00. The van der Waals surface area contributed by atoms with E-state index >= 15 is 0 Å². The number of aliphatic carboxylic acids is 4. The van der Waals surface area contributed by atoms with Crippen molar-refractivity contribution in [3.05, 3.63) is 0 Å².